The molecule has 0 aliphatic carbocycles. The number of imidazole rings is 1. The summed E-state index contributed by atoms with van der Waals surface area (Å²) in [4.78, 5) is 16.8. The molecule has 2 aromatic carbocycles. The monoisotopic (exact) mass is 307 g/mol. The number of aromatic nitrogens is 2. The average Bonchev–Trinajstić information content (AvgIpc) is 2.96. The van der Waals surface area contributed by atoms with Crippen LogP contribution in [-0.2, 0) is 6.54 Å². The summed E-state index contributed by atoms with van der Waals surface area (Å²) < 4.78 is 2.12. The highest BCUT2D eigenvalue weighted by molar-refractivity contribution is 6.05. The number of para-hydroxylation sites is 1. The van der Waals surface area contributed by atoms with Crippen molar-refractivity contribution < 1.29 is 4.79 Å². The minimum absolute atomic E-state index is 0.102. The summed E-state index contributed by atoms with van der Waals surface area (Å²) in [5.74, 6) is 0.534. The summed E-state index contributed by atoms with van der Waals surface area (Å²) in [6.45, 7) is 5.33. The molecular formula is C19H21N3O. The van der Waals surface area contributed by atoms with Gasteiger partial charge >= 0.3 is 0 Å². The van der Waals surface area contributed by atoms with Gasteiger partial charge in [-0.2, -0.15) is 0 Å². The van der Waals surface area contributed by atoms with E-state index in [1.54, 1.807) is 0 Å². The number of benzene rings is 2. The Hall–Kier alpha value is -2.62. The zero-order valence-corrected chi connectivity index (χ0v) is 13.5. The van der Waals surface area contributed by atoms with E-state index in [0.717, 1.165) is 29.7 Å². The third kappa shape index (κ3) is 3.59. The topological polar surface area (TPSA) is 46.9 Å². The number of fused-ring (bicyclic) bond motifs is 1. The molecule has 1 aromatic heterocycles. The molecule has 0 saturated carbocycles. The number of carbonyl (C=O) groups is 1. The zero-order chi connectivity index (χ0) is 16.2. The van der Waals surface area contributed by atoms with Gasteiger partial charge in [0.2, 0.25) is 0 Å². The third-order valence-corrected chi connectivity index (χ3v) is 3.86. The molecule has 0 radical (unpaired) electrons. The van der Waals surface area contributed by atoms with Crippen molar-refractivity contribution >= 4 is 22.6 Å². The maximum absolute atomic E-state index is 12.4. The molecule has 0 unspecified atom stereocenters. The first-order chi connectivity index (χ1) is 11.1. The highest BCUT2D eigenvalue weighted by atomic mass is 16.1. The van der Waals surface area contributed by atoms with Crippen LogP contribution in [0.2, 0.25) is 0 Å². The third-order valence-electron chi connectivity index (χ3n) is 3.86. The number of aryl methyl sites for hydroxylation is 1. The Labute approximate surface area is 136 Å². The average molecular weight is 307 g/mol. The van der Waals surface area contributed by atoms with E-state index in [0.29, 0.717) is 11.5 Å². The van der Waals surface area contributed by atoms with Crippen LogP contribution in [0, 0.1) is 5.92 Å². The quantitative estimate of drug-likeness (QED) is 0.762. The lowest BCUT2D eigenvalue weighted by atomic mass is 10.1. The van der Waals surface area contributed by atoms with E-state index in [1.165, 1.54) is 0 Å². The highest BCUT2D eigenvalue weighted by Crippen LogP contribution is 2.18. The van der Waals surface area contributed by atoms with Gasteiger partial charge in [-0.1, -0.05) is 32.0 Å². The molecule has 1 N–H and O–H groups in total. The first kappa shape index (κ1) is 15.3. The van der Waals surface area contributed by atoms with E-state index in [1.807, 2.05) is 54.9 Å². The van der Waals surface area contributed by atoms with E-state index >= 15 is 0 Å². The van der Waals surface area contributed by atoms with Crippen molar-refractivity contribution in [2.75, 3.05) is 5.32 Å². The zero-order valence-electron chi connectivity index (χ0n) is 13.5. The fourth-order valence-corrected chi connectivity index (χ4v) is 2.50. The molecule has 0 fully saturated rings. The molecule has 0 spiro atoms. The molecule has 0 aliphatic rings. The second-order valence-electron chi connectivity index (χ2n) is 6.14. The molecule has 0 bridgehead atoms. The number of hydrogen-bond acceptors (Lipinski definition) is 2. The number of nitrogens with one attached hydrogen (secondary N) is 1. The predicted octanol–water partition coefficient (Wildman–Crippen LogP) is 4.33. The van der Waals surface area contributed by atoms with Gasteiger partial charge in [-0.15, -0.1) is 0 Å². The second kappa shape index (κ2) is 6.65. The van der Waals surface area contributed by atoms with Gasteiger partial charge < -0.3 is 9.88 Å². The molecule has 0 atom stereocenters. The molecule has 3 rings (SSSR count). The fourth-order valence-electron chi connectivity index (χ4n) is 2.50. The maximum atomic E-state index is 12.4. The van der Waals surface area contributed by atoms with Crippen LogP contribution in [0.5, 0.6) is 0 Å². The lowest BCUT2D eigenvalue weighted by Crippen LogP contribution is -2.11. The van der Waals surface area contributed by atoms with E-state index in [4.69, 9.17) is 0 Å². The molecule has 4 nitrogen and oxygen atoms in total. The largest absolute Gasteiger partial charge is 0.331 e. The normalized spacial score (nSPS) is 11.1. The number of carbonyl (C=O) groups excluding carboxylic acids is 1. The van der Waals surface area contributed by atoms with Gasteiger partial charge in [-0.25, -0.2) is 4.98 Å². The van der Waals surface area contributed by atoms with Gasteiger partial charge in [0, 0.05) is 17.8 Å². The summed E-state index contributed by atoms with van der Waals surface area (Å²) in [7, 11) is 0. The maximum Gasteiger partial charge on any atom is 0.255 e. The molecule has 1 amide bonds. The number of anilines is 1. The Kier molecular flexibility index (Phi) is 4.42. The number of amides is 1. The van der Waals surface area contributed by atoms with Crippen LogP contribution in [0.25, 0.3) is 11.0 Å². The number of rotatable bonds is 5. The van der Waals surface area contributed by atoms with Crippen molar-refractivity contribution in [3.63, 3.8) is 0 Å². The number of hydrogen-bond donors (Lipinski definition) is 1. The molecule has 3 aromatic rings. The summed E-state index contributed by atoms with van der Waals surface area (Å²) in [5.41, 5.74) is 3.37. The smallest absolute Gasteiger partial charge is 0.255 e. The fraction of sp³-hybridized carbons (Fsp3) is 0.263. The van der Waals surface area contributed by atoms with Crippen LogP contribution in [-0.4, -0.2) is 15.5 Å². The molecule has 23 heavy (non-hydrogen) atoms. The van der Waals surface area contributed by atoms with Crippen molar-refractivity contribution in [2.24, 2.45) is 5.92 Å². The van der Waals surface area contributed by atoms with Crippen molar-refractivity contribution in [3.05, 3.63) is 60.4 Å². The Balaban J connectivity index is 1.83. The van der Waals surface area contributed by atoms with Crippen LogP contribution in [0.3, 0.4) is 0 Å². The molecule has 118 valence electrons. The van der Waals surface area contributed by atoms with Crippen LogP contribution in [0.15, 0.2) is 54.9 Å². The van der Waals surface area contributed by atoms with E-state index in [-0.39, 0.29) is 5.91 Å². The minimum atomic E-state index is -0.102. The van der Waals surface area contributed by atoms with Crippen molar-refractivity contribution in [2.45, 2.75) is 26.8 Å². The lowest BCUT2D eigenvalue weighted by molar-refractivity contribution is 0.102. The lowest BCUT2D eigenvalue weighted by Gasteiger charge is -2.08. The van der Waals surface area contributed by atoms with Crippen LogP contribution in [0.4, 0.5) is 5.69 Å². The SMILES string of the molecule is CC(C)CCn1cnc2ccc(C(=O)Nc3ccccc3)cc21. The standard InChI is InChI=1S/C19H21N3O/c1-14(2)10-11-22-13-20-17-9-8-15(12-18(17)22)19(23)21-16-6-4-3-5-7-16/h3-9,12-14H,10-11H2,1-2H3,(H,21,23). The van der Waals surface area contributed by atoms with Gasteiger partial charge in [-0.05, 0) is 42.7 Å². The Morgan fingerprint density at radius 3 is 2.70 bits per heavy atom. The molecule has 1 heterocycles. The van der Waals surface area contributed by atoms with E-state index in [9.17, 15) is 4.79 Å². The van der Waals surface area contributed by atoms with E-state index in [2.05, 4.69) is 28.7 Å². The summed E-state index contributed by atoms with van der Waals surface area (Å²) >= 11 is 0. The van der Waals surface area contributed by atoms with Crippen molar-refractivity contribution in [1.29, 1.82) is 0 Å². The van der Waals surface area contributed by atoms with Gasteiger partial charge in [-0.3, -0.25) is 4.79 Å². The van der Waals surface area contributed by atoms with Crippen LogP contribution < -0.4 is 5.32 Å². The Morgan fingerprint density at radius 1 is 1.17 bits per heavy atom. The van der Waals surface area contributed by atoms with Crippen LogP contribution in [0.1, 0.15) is 30.6 Å². The molecule has 0 saturated heterocycles. The highest BCUT2D eigenvalue weighted by Gasteiger charge is 2.10. The van der Waals surface area contributed by atoms with Crippen molar-refractivity contribution in [1.82, 2.24) is 9.55 Å². The molecule has 0 aliphatic heterocycles. The predicted molar refractivity (Wildman–Crippen MR) is 93.6 cm³/mol. The Bertz CT molecular complexity index is 806. The van der Waals surface area contributed by atoms with Gasteiger partial charge in [0.15, 0.2) is 0 Å². The molecule has 4 heteroatoms. The summed E-state index contributed by atoms with van der Waals surface area (Å²) in [6, 6.07) is 15.1. The Morgan fingerprint density at radius 2 is 1.96 bits per heavy atom. The first-order valence-corrected chi connectivity index (χ1v) is 7.95. The van der Waals surface area contributed by atoms with Crippen LogP contribution >= 0.6 is 0 Å². The summed E-state index contributed by atoms with van der Waals surface area (Å²) in [6.07, 6.45) is 2.94. The summed E-state index contributed by atoms with van der Waals surface area (Å²) in [5, 5.41) is 2.92. The number of nitrogens with zero attached hydrogens (tertiary/aromatic N) is 2. The van der Waals surface area contributed by atoms with Gasteiger partial charge in [0.25, 0.3) is 5.91 Å². The van der Waals surface area contributed by atoms with Crippen molar-refractivity contribution in [3.8, 4) is 0 Å². The molecular weight excluding hydrogens is 286 g/mol. The second-order valence-corrected chi connectivity index (χ2v) is 6.14. The first-order valence-electron chi connectivity index (χ1n) is 7.95. The van der Waals surface area contributed by atoms with Gasteiger partial charge in [0.1, 0.15) is 0 Å². The van der Waals surface area contributed by atoms with E-state index < -0.39 is 0 Å². The minimum Gasteiger partial charge on any atom is -0.331 e. The van der Waals surface area contributed by atoms with Gasteiger partial charge in [0.05, 0.1) is 17.4 Å².